The molecule has 0 aromatic carbocycles. The molecule has 1 aromatic heterocycles. The van der Waals surface area contributed by atoms with Crippen LogP contribution in [0.3, 0.4) is 0 Å². The minimum Gasteiger partial charge on any atom is -0.399 e. The van der Waals surface area contributed by atoms with Gasteiger partial charge in [-0.1, -0.05) is 0 Å². The minimum atomic E-state index is -0.420. The van der Waals surface area contributed by atoms with Crippen molar-refractivity contribution in [3.63, 3.8) is 0 Å². The van der Waals surface area contributed by atoms with E-state index in [4.69, 9.17) is 28.3 Å². The molecule has 8 nitrogen and oxygen atoms in total. The molecule has 4 aliphatic rings. The van der Waals surface area contributed by atoms with Crippen LogP contribution in [-0.2, 0) is 28.3 Å². The van der Waals surface area contributed by atoms with Gasteiger partial charge < -0.3 is 28.3 Å². The fourth-order valence-electron chi connectivity index (χ4n) is 4.44. The lowest BCUT2D eigenvalue weighted by atomic mass is 9.82. The summed E-state index contributed by atoms with van der Waals surface area (Å²) in [5.74, 6) is 0. The second kappa shape index (κ2) is 7.32. The van der Waals surface area contributed by atoms with E-state index in [1.165, 1.54) is 0 Å². The van der Waals surface area contributed by atoms with E-state index in [2.05, 4.69) is 32.8 Å². The van der Waals surface area contributed by atoms with Crippen molar-refractivity contribution < 1.29 is 28.3 Å². The highest BCUT2D eigenvalue weighted by molar-refractivity contribution is 6.62. The van der Waals surface area contributed by atoms with Crippen LogP contribution in [0.2, 0.25) is 0 Å². The first-order valence-corrected chi connectivity index (χ1v) is 10.7. The lowest BCUT2D eigenvalue weighted by molar-refractivity contribution is -0.202. The molecule has 0 bridgehead atoms. The molecule has 0 saturated carbocycles. The Bertz CT molecular complexity index is 718. The van der Waals surface area contributed by atoms with Crippen molar-refractivity contribution in [3.8, 4) is 0 Å². The summed E-state index contributed by atoms with van der Waals surface area (Å²) < 4.78 is 38.2. The van der Waals surface area contributed by atoms with Crippen molar-refractivity contribution in [2.75, 3.05) is 19.8 Å². The molecule has 0 radical (unpaired) electrons. The molecule has 0 spiro atoms. The van der Waals surface area contributed by atoms with Crippen LogP contribution in [0.25, 0.3) is 0 Å². The second-order valence-electron chi connectivity index (χ2n) is 9.48. The molecule has 4 aliphatic heterocycles. The molecule has 29 heavy (non-hydrogen) atoms. The molecule has 0 N–H and O–H groups in total. The normalized spacial score (nSPS) is 38.5. The fourth-order valence-corrected chi connectivity index (χ4v) is 4.44. The van der Waals surface area contributed by atoms with Gasteiger partial charge in [-0.05, 0) is 47.0 Å². The summed E-state index contributed by atoms with van der Waals surface area (Å²) in [6.07, 6.45) is 6.60. The Morgan fingerprint density at radius 3 is 2.52 bits per heavy atom. The standard InChI is InChI=1S/C20H31BN2O6/c1-19(2)20(3,4)29-21(28-19)13-9-22-23(10-13)14-11-25-18-15(12-26-17(14)18)27-16-7-5-6-8-24-16/h9-10,14-18H,5-8,11-12H2,1-4H3/t14?,15-,16?,17-,18-/m0/s1. The van der Waals surface area contributed by atoms with Gasteiger partial charge in [0.1, 0.15) is 24.4 Å². The van der Waals surface area contributed by atoms with E-state index in [0.29, 0.717) is 13.2 Å². The van der Waals surface area contributed by atoms with E-state index in [0.717, 1.165) is 31.3 Å². The van der Waals surface area contributed by atoms with Crippen LogP contribution in [0.4, 0.5) is 0 Å². The number of hydrogen-bond donors (Lipinski definition) is 0. The summed E-state index contributed by atoms with van der Waals surface area (Å²) in [5, 5.41) is 4.57. The lowest BCUT2D eigenvalue weighted by Crippen LogP contribution is -2.41. The van der Waals surface area contributed by atoms with E-state index < -0.39 is 7.12 Å². The van der Waals surface area contributed by atoms with E-state index in [1.807, 2.05) is 17.1 Å². The third kappa shape index (κ3) is 3.56. The maximum absolute atomic E-state index is 6.14. The number of rotatable bonds is 4. The predicted molar refractivity (Wildman–Crippen MR) is 105 cm³/mol. The Kier molecular flexibility index (Phi) is 5.04. The van der Waals surface area contributed by atoms with Gasteiger partial charge in [0.15, 0.2) is 6.29 Å². The van der Waals surface area contributed by atoms with Gasteiger partial charge in [-0.2, -0.15) is 5.10 Å². The summed E-state index contributed by atoms with van der Waals surface area (Å²) in [5.41, 5.74) is 0.164. The summed E-state index contributed by atoms with van der Waals surface area (Å²) in [6.45, 7) is 10.0. The highest BCUT2D eigenvalue weighted by Gasteiger charge is 2.53. The average molecular weight is 406 g/mol. The van der Waals surface area contributed by atoms with Crippen LogP contribution in [-0.4, -0.2) is 72.5 Å². The molecule has 0 aliphatic carbocycles. The zero-order valence-corrected chi connectivity index (χ0v) is 17.7. The molecule has 0 amide bonds. The summed E-state index contributed by atoms with van der Waals surface area (Å²) in [6, 6.07) is 0.0112. The molecule has 160 valence electrons. The van der Waals surface area contributed by atoms with Crippen LogP contribution in [0.5, 0.6) is 0 Å². The Labute approximate surface area is 172 Å². The van der Waals surface area contributed by atoms with Crippen molar-refractivity contribution in [1.82, 2.24) is 9.78 Å². The van der Waals surface area contributed by atoms with Gasteiger partial charge in [-0.15, -0.1) is 0 Å². The van der Waals surface area contributed by atoms with Gasteiger partial charge in [0, 0.05) is 24.5 Å². The first-order valence-electron chi connectivity index (χ1n) is 10.7. The van der Waals surface area contributed by atoms with Crippen molar-refractivity contribution in [2.45, 2.75) is 88.8 Å². The summed E-state index contributed by atoms with van der Waals surface area (Å²) in [4.78, 5) is 0. The Morgan fingerprint density at radius 1 is 1.03 bits per heavy atom. The topological polar surface area (TPSA) is 73.2 Å². The second-order valence-corrected chi connectivity index (χ2v) is 9.48. The molecular weight excluding hydrogens is 375 g/mol. The number of fused-ring (bicyclic) bond motifs is 1. The zero-order chi connectivity index (χ0) is 20.2. The molecule has 5 rings (SSSR count). The third-order valence-corrected chi connectivity index (χ3v) is 6.93. The first kappa shape index (κ1) is 20.0. The van der Waals surface area contributed by atoms with E-state index in [1.54, 1.807) is 0 Å². The van der Waals surface area contributed by atoms with Crippen LogP contribution >= 0.6 is 0 Å². The van der Waals surface area contributed by atoms with Gasteiger partial charge in [-0.3, -0.25) is 4.68 Å². The van der Waals surface area contributed by atoms with Crippen LogP contribution < -0.4 is 5.46 Å². The molecule has 9 heteroatoms. The molecule has 1 aromatic rings. The van der Waals surface area contributed by atoms with Gasteiger partial charge in [0.25, 0.3) is 0 Å². The van der Waals surface area contributed by atoms with Crippen molar-refractivity contribution in [1.29, 1.82) is 0 Å². The fraction of sp³-hybridized carbons (Fsp3) is 0.850. The highest BCUT2D eigenvalue weighted by Crippen LogP contribution is 2.38. The van der Waals surface area contributed by atoms with E-state index >= 15 is 0 Å². The Morgan fingerprint density at radius 2 is 1.79 bits per heavy atom. The van der Waals surface area contributed by atoms with E-state index in [-0.39, 0.29) is 41.8 Å². The quantitative estimate of drug-likeness (QED) is 0.701. The largest absolute Gasteiger partial charge is 0.498 e. The number of hydrogen-bond acceptors (Lipinski definition) is 7. The van der Waals surface area contributed by atoms with Crippen LogP contribution in [0, 0.1) is 0 Å². The van der Waals surface area contributed by atoms with Gasteiger partial charge in [0.2, 0.25) is 0 Å². The molecule has 4 saturated heterocycles. The maximum Gasteiger partial charge on any atom is 0.498 e. The van der Waals surface area contributed by atoms with Crippen LogP contribution in [0.15, 0.2) is 12.4 Å². The molecule has 2 unspecified atom stereocenters. The van der Waals surface area contributed by atoms with Crippen molar-refractivity contribution >= 4 is 12.6 Å². The van der Waals surface area contributed by atoms with E-state index in [9.17, 15) is 0 Å². The molecule has 5 heterocycles. The maximum atomic E-state index is 6.14. The lowest BCUT2D eigenvalue weighted by Gasteiger charge is -2.32. The smallest absolute Gasteiger partial charge is 0.399 e. The monoisotopic (exact) mass is 406 g/mol. The third-order valence-electron chi connectivity index (χ3n) is 6.93. The summed E-state index contributed by atoms with van der Waals surface area (Å²) in [7, 11) is -0.420. The number of nitrogens with zero attached hydrogens (tertiary/aromatic N) is 2. The minimum absolute atomic E-state index is 0.0112. The Balaban J connectivity index is 1.24. The predicted octanol–water partition coefficient (Wildman–Crippen LogP) is 1.43. The zero-order valence-electron chi connectivity index (χ0n) is 17.7. The first-order chi connectivity index (χ1) is 13.8. The average Bonchev–Trinajstić information content (AvgIpc) is 3.41. The number of ether oxygens (including phenoxy) is 4. The molecule has 5 atom stereocenters. The Hall–Kier alpha value is -0.965. The molecular formula is C20H31BN2O6. The summed E-state index contributed by atoms with van der Waals surface area (Å²) >= 11 is 0. The van der Waals surface area contributed by atoms with Crippen LogP contribution in [0.1, 0.15) is 53.0 Å². The number of aromatic nitrogens is 2. The van der Waals surface area contributed by atoms with Gasteiger partial charge in [0.05, 0.1) is 24.4 Å². The highest BCUT2D eigenvalue weighted by atomic mass is 16.7. The SMILES string of the molecule is CC1(C)OB(c2cnn(C3CO[C@H]4[C@@H](OC5CCCCO5)CO[C@@H]34)c2)OC1(C)C. The molecule has 4 fully saturated rings. The van der Waals surface area contributed by atoms with Gasteiger partial charge >= 0.3 is 7.12 Å². The van der Waals surface area contributed by atoms with Crippen molar-refractivity contribution in [2.24, 2.45) is 0 Å². The van der Waals surface area contributed by atoms with Crippen molar-refractivity contribution in [3.05, 3.63) is 12.4 Å². The van der Waals surface area contributed by atoms with Gasteiger partial charge in [-0.25, -0.2) is 0 Å².